The third-order valence-corrected chi connectivity index (χ3v) is 3.44. The average Bonchev–Trinajstić information content (AvgIpc) is 2.52. The van der Waals surface area contributed by atoms with E-state index in [-0.39, 0.29) is 12.4 Å². The van der Waals surface area contributed by atoms with Crippen molar-refractivity contribution in [1.82, 2.24) is 0 Å². The maximum atomic E-state index is 6.10. The molecule has 0 amide bonds. The first-order valence-corrected chi connectivity index (χ1v) is 6.98. The molecule has 0 aliphatic carbocycles. The molecule has 0 radical (unpaired) electrons. The van der Waals surface area contributed by atoms with Crippen LogP contribution in [-0.4, -0.2) is 0 Å². The third kappa shape index (κ3) is 3.73. The maximum Gasteiger partial charge on any atom is 0.146 e. The van der Waals surface area contributed by atoms with Crippen LogP contribution in [0.5, 0.6) is 11.5 Å². The van der Waals surface area contributed by atoms with Gasteiger partial charge in [0.15, 0.2) is 0 Å². The Balaban J connectivity index is 0.00000176. The zero-order chi connectivity index (χ0) is 14.7. The Hall–Kier alpha value is -2.16. The molecule has 3 aromatic carbocycles. The summed E-state index contributed by atoms with van der Waals surface area (Å²) in [7, 11) is 0. The van der Waals surface area contributed by atoms with E-state index in [1.165, 1.54) is 5.56 Å². The molecule has 0 unspecified atom stereocenters. The summed E-state index contributed by atoms with van der Waals surface area (Å²) in [5.74, 6) is 1.33. The Morgan fingerprint density at radius 2 is 1.41 bits per heavy atom. The third-order valence-electron chi connectivity index (χ3n) is 3.15. The van der Waals surface area contributed by atoms with E-state index in [4.69, 9.17) is 22.1 Å². The lowest BCUT2D eigenvalue weighted by atomic mass is 10.1. The lowest BCUT2D eigenvalue weighted by Gasteiger charge is -2.09. The second-order valence-electron chi connectivity index (χ2n) is 4.68. The monoisotopic (exact) mass is 331 g/mol. The van der Waals surface area contributed by atoms with Crippen molar-refractivity contribution in [2.45, 2.75) is 0 Å². The summed E-state index contributed by atoms with van der Waals surface area (Å²) in [5, 5.41) is 0.502. The van der Waals surface area contributed by atoms with E-state index in [2.05, 4.69) is 12.1 Å². The van der Waals surface area contributed by atoms with Gasteiger partial charge >= 0.3 is 0 Å². The van der Waals surface area contributed by atoms with Gasteiger partial charge in [-0.25, -0.2) is 0 Å². The molecule has 4 heteroatoms. The van der Waals surface area contributed by atoms with Crippen LogP contribution >= 0.6 is 24.0 Å². The van der Waals surface area contributed by atoms with Crippen LogP contribution in [-0.2, 0) is 0 Å². The molecule has 0 saturated carbocycles. The number of ether oxygens (including phenoxy) is 1. The lowest BCUT2D eigenvalue weighted by molar-refractivity contribution is 0.483. The Kier molecular flexibility index (Phi) is 5.31. The standard InChI is InChI=1S/C18H14ClNO.ClH/c19-17-12-15(20)8-11-18(17)21-16-9-6-14(7-10-16)13-4-2-1-3-5-13;/h1-12H,20H2;1H. The first-order chi connectivity index (χ1) is 10.2. The van der Waals surface area contributed by atoms with E-state index >= 15 is 0 Å². The van der Waals surface area contributed by atoms with Crippen molar-refractivity contribution < 1.29 is 4.74 Å². The summed E-state index contributed by atoms with van der Waals surface area (Å²) in [4.78, 5) is 0. The van der Waals surface area contributed by atoms with Crippen LogP contribution < -0.4 is 10.5 Å². The fourth-order valence-corrected chi connectivity index (χ4v) is 2.30. The molecule has 0 aromatic heterocycles. The van der Waals surface area contributed by atoms with Gasteiger partial charge in [0.1, 0.15) is 11.5 Å². The Labute approximate surface area is 140 Å². The van der Waals surface area contributed by atoms with Crippen molar-refractivity contribution in [3.63, 3.8) is 0 Å². The smallest absolute Gasteiger partial charge is 0.146 e. The molecule has 3 aromatic rings. The number of nitrogens with two attached hydrogens (primary N) is 1. The SMILES string of the molecule is Cl.Nc1ccc(Oc2ccc(-c3ccccc3)cc2)c(Cl)c1. The molecule has 0 heterocycles. The number of hydrogen-bond donors (Lipinski definition) is 1. The minimum Gasteiger partial charge on any atom is -0.456 e. The zero-order valence-corrected chi connectivity index (χ0v) is 13.3. The van der Waals surface area contributed by atoms with E-state index in [0.29, 0.717) is 16.5 Å². The number of benzene rings is 3. The van der Waals surface area contributed by atoms with Crippen molar-refractivity contribution in [3.05, 3.63) is 77.8 Å². The average molecular weight is 332 g/mol. The summed E-state index contributed by atoms with van der Waals surface area (Å²) in [6.07, 6.45) is 0. The fourth-order valence-electron chi connectivity index (χ4n) is 2.07. The molecule has 0 atom stereocenters. The van der Waals surface area contributed by atoms with E-state index in [1.807, 2.05) is 42.5 Å². The van der Waals surface area contributed by atoms with Crippen LogP contribution in [0.25, 0.3) is 11.1 Å². The van der Waals surface area contributed by atoms with Crippen LogP contribution in [0.2, 0.25) is 5.02 Å². The highest BCUT2D eigenvalue weighted by Crippen LogP contribution is 2.31. The van der Waals surface area contributed by atoms with E-state index in [9.17, 15) is 0 Å². The highest BCUT2D eigenvalue weighted by Gasteiger charge is 2.04. The Morgan fingerprint density at radius 1 is 0.773 bits per heavy atom. The predicted octanol–water partition coefficient (Wildman–Crippen LogP) is 5.80. The van der Waals surface area contributed by atoms with Gasteiger partial charge in [0, 0.05) is 5.69 Å². The lowest BCUT2D eigenvalue weighted by Crippen LogP contribution is -1.88. The van der Waals surface area contributed by atoms with Crippen LogP contribution in [0.3, 0.4) is 0 Å². The van der Waals surface area contributed by atoms with Gasteiger partial charge in [0.25, 0.3) is 0 Å². The molecule has 2 N–H and O–H groups in total. The molecule has 0 aliphatic heterocycles. The number of hydrogen-bond acceptors (Lipinski definition) is 2. The van der Waals surface area contributed by atoms with Crippen molar-refractivity contribution in [1.29, 1.82) is 0 Å². The summed E-state index contributed by atoms with van der Waals surface area (Å²) in [6, 6.07) is 23.3. The van der Waals surface area contributed by atoms with Crippen molar-refractivity contribution in [3.8, 4) is 22.6 Å². The number of anilines is 1. The molecular weight excluding hydrogens is 317 g/mol. The van der Waals surface area contributed by atoms with Gasteiger partial charge in [0.05, 0.1) is 5.02 Å². The normalized spacial score (nSPS) is 9.86. The van der Waals surface area contributed by atoms with E-state index < -0.39 is 0 Å². The van der Waals surface area contributed by atoms with E-state index in [1.54, 1.807) is 18.2 Å². The molecule has 2 nitrogen and oxygen atoms in total. The van der Waals surface area contributed by atoms with Crippen molar-refractivity contribution in [2.24, 2.45) is 0 Å². The molecule has 22 heavy (non-hydrogen) atoms. The second kappa shape index (κ2) is 7.21. The second-order valence-corrected chi connectivity index (χ2v) is 5.09. The van der Waals surface area contributed by atoms with Crippen LogP contribution in [0, 0.1) is 0 Å². The van der Waals surface area contributed by atoms with Gasteiger partial charge in [-0.05, 0) is 41.5 Å². The van der Waals surface area contributed by atoms with Gasteiger partial charge in [-0.3, -0.25) is 0 Å². The van der Waals surface area contributed by atoms with Crippen LogP contribution in [0.1, 0.15) is 0 Å². The molecule has 0 spiro atoms. The largest absolute Gasteiger partial charge is 0.456 e. The van der Waals surface area contributed by atoms with Crippen molar-refractivity contribution in [2.75, 3.05) is 5.73 Å². The maximum absolute atomic E-state index is 6.10. The number of rotatable bonds is 3. The highest BCUT2D eigenvalue weighted by molar-refractivity contribution is 6.32. The minimum absolute atomic E-state index is 0. The van der Waals surface area contributed by atoms with E-state index in [0.717, 1.165) is 11.3 Å². The molecule has 0 bridgehead atoms. The summed E-state index contributed by atoms with van der Waals surface area (Å²) >= 11 is 6.10. The van der Waals surface area contributed by atoms with Crippen LogP contribution in [0.15, 0.2) is 72.8 Å². The number of nitrogen functional groups attached to an aromatic ring is 1. The fraction of sp³-hybridized carbons (Fsp3) is 0. The molecule has 112 valence electrons. The van der Waals surface area contributed by atoms with Gasteiger partial charge in [-0.2, -0.15) is 0 Å². The highest BCUT2D eigenvalue weighted by atomic mass is 35.5. The van der Waals surface area contributed by atoms with Crippen LogP contribution in [0.4, 0.5) is 5.69 Å². The Bertz CT molecular complexity index is 743. The summed E-state index contributed by atoms with van der Waals surface area (Å²) < 4.78 is 5.77. The molecule has 3 rings (SSSR count). The predicted molar refractivity (Wildman–Crippen MR) is 95.1 cm³/mol. The quantitative estimate of drug-likeness (QED) is 0.615. The topological polar surface area (TPSA) is 35.2 Å². The molecule has 0 fully saturated rings. The van der Waals surface area contributed by atoms with Gasteiger partial charge in [-0.15, -0.1) is 12.4 Å². The van der Waals surface area contributed by atoms with Gasteiger partial charge in [0.2, 0.25) is 0 Å². The Morgan fingerprint density at radius 3 is 2.05 bits per heavy atom. The first kappa shape index (κ1) is 16.2. The zero-order valence-electron chi connectivity index (χ0n) is 11.7. The molecular formula is C18H15Cl2NO. The summed E-state index contributed by atoms with van der Waals surface area (Å²) in [5.41, 5.74) is 8.60. The first-order valence-electron chi connectivity index (χ1n) is 6.61. The summed E-state index contributed by atoms with van der Waals surface area (Å²) in [6.45, 7) is 0. The van der Waals surface area contributed by atoms with Gasteiger partial charge < -0.3 is 10.5 Å². The minimum atomic E-state index is 0. The van der Waals surface area contributed by atoms with Crippen molar-refractivity contribution >= 4 is 29.7 Å². The van der Waals surface area contributed by atoms with Gasteiger partial charge in [-0.1, -0.05) is 54.1 Å². The number of halogens is 2. The molecule has 0 saturated heterocycles. The molecule has 0 aliphatic rings.